The summed E-state index contributed by atoms with van der Waals surface area (Å²) in [5, 5.41) is 12.9. The van der Waals surface area contributed by atoms with Gasteiger partial charge >= 0.3 is 0 Å². The average molecular weight is 293 g/mol. The van der Waals surface area contributed by atoms with E-state index in [9.17, 15) is 0 Å². The molecule has 0 amide bonds. The summed E-state index contributed by atoms with van der Waals surface area (Å²) in [7, 11) is 0. The van der Waals surface area contributed by atoms with Crippen LogP contribution in [0.4, 0.5) is 5.13 Å². The second-order valence-corrected chi connectivity index (χ2v) is 6.14. The lowest BCUT2D eigenvalue weighted by Crippen LogP contribution is -2.41. The van der Waals surface area contributed by atoms with Gasteiger partial charge in [-0.05, 0) is 25.0 Å². The number of nitrogens with two attached hydrogens (primary N) is 1. The van der Waals surface area contributed by atoms with Crippen LogP contribution in [0.1, 0.15) is 23.6 Å². The summed E-state index contributed by atoms with van der Waals surface area (Å²) >= 11 is 1.45. The molecule has 3 heterocycles. The van der Waals surface area contributed by atoms with Gasteiger partial charge in [0.25, 0.3) is 0 Å². The van der Waals surface area contributed by atoms with Crippen LogP contribution in [0.2, 0.25) is 0 Å². The number of anilines is 1. The van der Waals surface area contributed by atoms with Crippen LogP contribution >= 0.6 is 11.3 Å². The van der Waals surface area contributed by atoms with Gasteiger partial charge in [0.15, 0.2) is 0 Å². The van der Waals surface area contributed by atoms with Crippen molar-refractivity contribution in [3.05, 3.63) is 29.2 Å². The Balaban J connectivity index is 1.40. The Kier molecular flexibility index (Phi) is 4.29. The minimum absolute atomic E-state index is 0.537. The zero-order valence-corrected chi connectivity index (χ0v) is 12.1. The molecule has 1 aliphatic rings. The number of nitrogen functional groups attached to an aromatic ring is 1. The number of aromatic nitrogens is 2. The molecule has 2 aromatic rings. The van der Waals surface area contributed by atoms with Crippen LogP contribution in [0, 0.1) is 0 Å². The van der Waals surface area contributed by atoms with Crippen molar-refractivity contribution in [2.75, 3.05) is 18.8 Å². The molecule has 0 radical (unpaired) electrons. The van der Waals surface area contributed by atoms with E-state index in [1.165, 1.54) is 11.3 Å². The smallest absolute Gasteiger partial charge is 0.203 e. The van der Waals surface area contributed by atoms with E-state index in [0.29, 0.717) is 11.2 Å². The number of hydrogen-bond acceptors (Lipinski definition) is 7. The molecule has 1 saturated heterocycles. The fourth-order valence-corrected chi connectivity index (χ4v) is 3.05. The molecule has 3 rings (SSSR count). The summed E-state index contributed by atoms with van der Waals surface area (Å²) in [6.45, 7) is 3.86. The van der Waals surface area contributed by atoms with Crippen molar-refractivity contribution in [1.29, 1.82) is 0 Å². The van der Waals surface area contributed by atoms with E-state index in [1.807, 2.05) is 12.1 Å². The van der Waals surface area contributed by atoms with E-state index in [-0.39, 0.29) is 0 Å². The Hall–Kier alpha value is -1.44. The van der Waals surface area contributed by atoms with Gasteiger partial charge in [-0.2, -0.15) is 0 Å². The summed E-state index contributed by atoms with van der Waals surface area (Å²) in [5.41, 5.74) is 5.57. The third-order valence-electron chi connectivity index (χ3n) is 3.57. The maximum Gasteiger partial charge on any atom is 0.203 e. The van der Waals surface area contributed by atoms with E-state index in [2.05, 4.69) is 20.4 Å². The molecular weight excluding hydrogens is 274 g/mol. The third-order valence-corrected chi connectivity index (χ3v) is 4.32. The molecule has 0 spiro atoms. The molecule has 20 heavy (non-hydrogen) atoms. The van der Waals surface area contributed by atoms with Crippen LogP contribution in [0.25, 0.3) is 0 Å². The predicted molar refractivity (Wildman–Crippen MR) is 78.2 cm³/mol. The number of nitrogens with zero attached hydrogens (tertiary/aromatic N) is 3. The highest BCUT2D eigenvalue weighted by molar-refractivity contribution is 7.15. The fourth-order valence-electron chi connectivity index (χ4n) is 2.49. The minimum atomic E-state index is 0.537. The Labute approximate surface area is 122 Å². The molecule has 6 nitrogen and oxygen atoms in total. The molecule has 0 saturated carbocycles. The summed E-state index contributed by atoms with van der Waals surface area (Å²) in [5.74, 6) is 1.04. The molecule has 0 aromatic carbocycles. The number of hydrogen-bond donors (Lipinski definition) is 2. The molecular formula is C13H19N5OS. The quantitative estimate of drug-likeness (QED) is 0.869. The SMILES string of the molecule is Nc1nnc(CNC2CCN(Cc3ccco3)CC2)s1. The topological polar surface area (TPSA) is 80.2 Å². The van der Waals surface area contributed by atoms with Gasteiger partial charge in [0, 0.05) is 19.1 Å². The zero-order valence-electron chi connectivity index (χ0n) is 11.3. The number of nitrogens with one attached hydrogen (secondary N) is 1. The first kappa shape index (κ1) is 13.5. The summed E-state index contributed by atoms with van der Waals surface area (Å²) in [4.78, 5) is 2.43. The van der Waals surface area contributed by atoms with Crippen LogP contribution in [-0.2, 0) is 13.1 Å². The average Bonchev–Trinajstić information content (AvgIpc) is 3.10. The fraction of sp³-hybridized carbons (Fsp3) is 0.538. The molecule has 0 aliphatic carbocycles. The van der Waals surface area contributed by atoms with Crippen LogP contribution in [0.3, 0.4) is 0 Å². The van der Waals surface area contributed by atoms with Crippen molar-refractivity contribution in [3.8, 4) is 0 Å². The monoisotopic (exact) mass is 293 g/mol. The normalized spacial score (nSPS) is 17.6. The minimum Gasteiger partial charge on any atom is -0.468 e. The van der Waals surface area contributed by atoms with Gasteiger partial charge in [0.05, 0.1) is 19.4 Å². The van der Waals surface area contributed by atoms with Gasteiger partial charge in [-0.3, -0.25) is 4.90 Å². The highest BCUT2D eigenvalue weighted by Gasteiger charge is 2.19. The van der Waals surface area contributed by atoms with Gasteiger partial charge < -0.3 is 15.5 Å². The molecule has 0 bridgehead atoms. The number of likely N-dealkylation sites (tertiary alicyclic amines) is 1. The Morgan fingerprint density at radius 2 is 2.25 bits per heavy atom. The highest BCUT2D eigenvalue weighted by Crippen LogP contribution is 2.16. The predicted octanol–water partition coefficient (Wildman–Crippen LogP) is 1.47. The molecule has 0 atom stereocenters. The van der Waals surface area contributed by atoms with Crippen molar-refractivity contribution in [2.45, 2.75) is 32.0 Å². The van der Waals surface area contributed by atoms with Crippen molar-refractivity contribution < 1.29 is 4.42 Å². The van der Waals surface area contributed by atoms with E-state index >= 15 is 0 Å². The largest absolute Gasteiger partial charge is 0.468 e. The first-order valence-electron chi connectivity index (χ1n) is 6.85. The zero-order chi connectivity index (χ0) is 13.8. The lowest BCUT2D eigenvalue weighted by molar-refractivity contribution is 0.178. The summed E-state index contributed by atoms with van der Waals surface area (Å²) in [6.07, 6.45) is 4.03. The van der Waals surface area contributed by atoms with Crippen molar-refractivity contribution in [1.82, 2.24) is 20.4 Å². The first-order valence-corrected chi connectivity index (χ1v) is 7.67. The van der Waals surface area contributed by atoms with Crippen LogP contribution in [0.15, 0.2) is 22.8 Å². The highest BCUT2D eigenvalue weighted by atomic mass is 32.1. The van der Waals surface area contributed by atoms with Crippen LogP contribution in [-0.4, -0.2) is 34.2 Å². The van der Waals surface area contributed by atoms with E-state index in [0.717, 1.165) is 49.8 Å². The van der Waals surface area contributed by atoms with Crippen molar-refractivity contribution in [2.24, 2.45) is 0 Å². The van der Waals surface area contributed by atoms with E-state index < -0.39 is 0 Å². The Bertz CT molecular complexity index is 519. The standard InChI is InChI=1S/C13H19N5OS/c14-13-17-16-12(20-13)8-15-10-3-5-18(6-4-10)9-11-2-1-7-19-11/h1-2,7,10,15H,3-6,8-9H2,(H2,14,17). The van der Waals surface area contributed by atoms with E-state index in [4.69, 9.17) is 10.2 Å². The van der Waals surface area contributed by atoms with E-state index in [1.54, 1.807) is 6.26 Å². The second-order valence-electron chi connectivity index (χ2n) is 5.04. The Morgan fingerprint density at radius 1 is 1.40 bits per heavy atom. The maximum atomic E-state index is 5.57. The molecule has 7 heteroatoms. The number of piperidine rings is 1. The lowest BCUT2D eigenvalue weighted by Gasteiger charge is -2.31. The van der Waals surface area contributed by atoms with Gasteiger partial charge in [-0.25, -0.2) is 0 Å². The number of furan rings is 1. The van der Waals surface area contributed by atoms with Gasteiger partial charge in [-0.15, -0.1) is 10.2 Å². The molecule has 108 valence electrons. The van der Waals surface area contributed by atoms with Crippen molar-refractivity contribution >= 4 is 16.5 Å². The van der Waals surface area contributed by atoms with Gasteiger partial charge in [0.2, 0.25) is 5.13 Å². The third kappa shape index (κ3) is 3.56. The van der Waals surface area contributed by atoms with Crippen LogP contribution < -0.4 is 11.1 Å². The molecule has 3 N–H and O–H groups in total. The van der Waals surface area contributed by atoms with Crippen LogP contribution in [0.5, 0.6) is 0 Å². The maximum absolute atomic E-state index is 5.57. The summed E-state index contributed by atoms with van der Waals surface area (Å²) < 4.78 is 5.39. The lowest BCUT2D eigenvalue weighted by atomic mass is 10.1. The molecule has 1 aliphatic heterocycles. The Morgan fingerprint density at radius 3 is 2.90 bits per heavy atom. The molecule has 0 unspecified atom stereocenters. The van der Waals surface area contributed by atoms with Gasteiger partial charge in [0.1, 0.15) is 10.8 Å². The van der Waals surface area contributed by atoms with Crippen molar-refractivity contribution in [3.63, 3.8) is 0 Å². The first-order chi connectivity index (χ1) is 9.79. The molecule has 1 fully saturated rings. The molecule has 2 aromatic heterocycles. The van der Waals surface area contributed by atoms with Gasteiger partial charge in [-0.1, -0.05) is 11.3 Å². The second kappa shape index (κ2) is 6.34. The summed E-state index contributed by atoms with van der Waals surface area (Å²) in [6, 6.07) is 4.52. The number of rotatable bonds is 5.